The van der Waals surface area contributed by atoms with Crippen molar-refractivity contribution >= 4 is 94.3 Å². The molecule has 0 bridgehead atoms. The summed E-state index contributed by atoms with van der Waals surface area (Å²) < 4.78 is 71.9. The number of unbranched alkanes of at least 4 members (excludes halogenated alkanes) is 2. The quantitative estimate of drug-likeness (QED) is 0.00621. The number of nitrogens with one attached hydrogen (secondary N) is 5. The van der Waals surface area contributed by atoms with E-state index >= 15 is 0 Å². The minimum Gasteiger partial charge on any atom is -0.456 e. The fourth-order valence-electron chi connectivity index (χ4n) is 7.46. The number of urea groups is 1. The van der Waals surface area contributed by atoms with Crippen LogP contribution in [0.15, 0.2) is 74.8 Å². The Balaban J connectivity index is 0.858. The van der Waals surface area contributed by atoms with Crippen molar-refractivity contribution in [2.75, 3.05) is 62.0 Å². The Kier molecular flexibility index (Phi) is 22.9. The summed E-state index contributed by atoms with van der Waals surface area (Å²) in [7, 11) is -14.5. The number of hydrogen-bond acceptors (Lipinski definition) is 19. The topological polar surface area (TPSA) is 376 Å². The van der Waals surface area contributed by atoms with Gasteiger partial charge in [0.25, 0.3) is 11.5 Å². The number of benzene rings is 3. The first kappa shape index (κ1) is 61.7. The van der Waals surface area contributed by atoms with E-state index in [1.54, 1.807) is 35.1 Å². The summed E-state index contributed by atoms with van der Waals surface area (Å²) in [6.07, 6.45) is -0.122. The van der Waals surface area contributed by atoms with Crippen molar-refractivity contribution in [2.45, 2.75) is 58.0 Å². The molecule has 3 amide bonds. The normalized spacial score (nSPS) is 17.5. The van der Waals surface area contributed by atoms with Crippen molar-refractivity contribution in [1.82, 2.24) is 25.5 Å². The lowest BCUT2D eigenvalue weighted by molar-refractivity contribution is -0.0545. The fourth-order valence-corrected chi connectivity index (χ4v) is 12.7. The molecule has 418 valence electrons. The van der Waals surface area contributed by atoms with Gasteiger partial charge in [-0.1, -0.05) is 55.9 Å². The predicted octanol–water partition coefficient (Wildman–Crippen LogP) is 5.10. The van der Waals surface area contributed by atoms with Gasteiger partial charge in [0.2, 0.25) is 0 Å². The second-order valence-electron chi connectivity index (χ2n) is 16.7. The van der Waals surface area contributed by atoms with E-state index in [0.29, 0.717) is 71.5 Å². The Hall–Kier alpha value is -4.53. The average molecular weight is 1200 g/mol. The number of phosphoric acid groups is 3. The highest BCUT2D eigenvalue weighted by atomic mass is 33.1. The third-order valence-corrected chi connectivity index (χ3v) is 19.0. The molecule has 11 N–H and O–H groups in total. The molecule has 0 radical (unpaired) electrons. The number of ether oxygens (including phenoxy) is 3. The number of carbonyl (C=O) groups excluding carboxylic acids is 2. The first-order chi connectivity index (χ1) is 36.5. The maximum absolute atomic E-state index is 13.3. The monoisotopic (exact) mass is 1200 g/mol. The molecule has 4 unspecified atom stereocenters. The van der Waals surface area contributed by atoms with E-state index in [-0.39, 0.29) is 30.4 Å². The Morgan fingerprint density at radius 3 is 2.53 bits per heavy atom. The molecule has 2 aromatic carbocycles. The summed E-state index contributed by atoms with van der Waals surface area (Å²) in [4.78, 5) is 90.2. The van der Waals surface area contributed by atoms with E-state index in [2.05, 4.69) is 41.4 Å². The molecule has 1 aromatic heterocycles. The van der Waals surface area contributed by atoms with E-state index in [4.69, 9.17) is 55.3 Å². The van der Waals surface area contributed by atoms with Crippen LogP contribution in [0.2, 0.25) is 0 Å². The average Bonchev–Trinajstić information content (AvgIpc) is 3.81. The van der Waals surface area contributed by atoms with Gasteiger partial charge in [0.05, 0.1) is 30.6 Å². The van der Waals surface area contributed by atoms with Gasteiger partial charge in [-0.2, -0.15) is 8.62 Å². The zero-order valence-corrected chi connectivity index (χ0v) is 47.2. The lowest BCUT2D eigenvalue weighted by Gasteiger charge is -2.21. The number of aryl methyl sites for hydroxylation is 1. The number of amides is 3. The number of aromatic amines is 1. The Bertz CT molecular complexity index is 3310. The summed E-state index contributed by atoms with van der Waals surface area (Å²) >= 11 is 5.31. The molecule has 1 saturated heterocycles. The number of phosphoric ester groups is 1. The molecule has 1 aliphatic carbocycles. The highest BCUT2D eigenvalue weighted by molar-refractivity contribution is 8.76. The summed E-state index contributed by atoms with van der Waals surface area (Å²) in [6, 6.07) is 15.8. The Morgan fingerprint density at radius 1 is 0.974 bits per heavy atom. The molecule has 6 atom stereocenters. The van der Waals surface area contributed by atoms with E-state index in [1.807, 2.05) is 44.2 Å². The number of H-pyrrole nitrogens is 1. The summed E-state index contributed by atoms with van der Waals surface area (Å²) in [5.41, 5.74) is 9.36. The van der Waals surface area contributed by atoms with E-state index in [1.165, 1.54) is 10.8 Å². The maximum atomic E-state index is 13.3. The number of rotatable bonds is 27. The molecule has 25 nitrogen and oxygen atoms in total. The third-order valence-electron chi connectivity index (χ3n) is 11.0. The molecular formula is C45H56N7O18P3S4. The molecule has 3 aromatic rings. The molecule has 32 heteroatoms. The van der Waals surface area contributed by atoms with Crippen molar-refractivity contribution in [3.05, 3.63) is 104 Å². The molecule has 77 heavy (non-hydrogen) atoms. The van der Waals surface area contributed by atoms with E-state index < -0.39 is 75.2 Å². The van der Waals surface area contributed by atoms with Crippen molar-refractivity contribution < 1.29 is 74.6 Å². The lowest BCUT2D eigenvalue weighted by Crippen LogP contribution is -2.36. The number of nitrogen functional groups attached to an aromatic ring is 1. The zero-order chi connectivity index (χ0) is 55.9. The predicted molar refractivity (Wildman–Crippen MR) is 293 cm³/mol. The van der Waals surface area contributed by atoms with Crippen molar-refractivity contribution in [2.24, 2.45) is 0 Å². The van der Waals surface area contributed by atoms with Crippen LogP contribution in [0.5, 0.6) is 0 Å². The number of fused-ring (bicyclic) bond motifs is 2. The number of carbonyl (C=O) groups is 2. The second-order valence-corrected chi connectivity index (χ2v) is 26.7. The lowest BCUT2D eigenvalue weighted by atomic mass is 9.90. The van der Waals surface area contributed by atoms with Crippen LogP contribution in [0.1, 0.15) is 60.3 Å². The smallest absolute Gasteiger partial charge is 0.456 e. The SMILES string of the molecule is CCS(=S)COC1C[C@H](n2cc(C#CCNC(=O)NCCCCCOCSSCCNC(=O)c3ccc(C)c(-c4c5ccc(=N)cc-5oc5cc(N)ccc45)c3)c(=O)[nH]c2=O)O[C@@H]1COP(=O)(O)OP(=O)(O)OP(=O)(O)O. The molecular weight excluding hydrogens is 1150 g/mol. The van der Waals surface area contributed by atoms with Crippen molar-refractivity contribution in [3.8, 4) is 34.3 Å². The highest BCUT2D eigenvalue weighted by Crippen LogP contribution is 2.66. The van der Waals surface area contributed by atoms with Crippen LogP contribution < -0.4 is 38.3 Å². The largest absolute Gasteiger partial charge is 0.490 e. The molecule has 2 aliphatic heterocycles. The van der Waals surface area contributed by atoms with Crippen molar-refractivity contribution in [1.29, 1.82) is 5.41 Å². The molecule has 0 saturated carbocycles. The van der Waals surface area contributed by atoms with Gasteiger partial charge in [-0.25, -0.2) is 23.3 Å². The highest BCUT2D eigenvalue weighted by Gasteiger charge is 2.44. The number of aromatic nitrogens is 2. The minimum atomic E-state index is -5.79. The Morgan fingerprint density at radius 2 is 1.77 bits per heavy atom. The van der Waals surface area contributed by atoms with Gasteiger partial charge >= 0.3 is 35.2 Å². The first-order valence-corrected chi connectivity index (χ1v) is 32.8. The van der Waals surface area contributed by atoms with E-state index in [9.17, 15) is 42.7 Å². The maximum Gasteiger partial charge on any atom is 0.490 e. The van der Waals surface area contributed by atoms with Crippen LogP contribution in [-0.4, -0.2) is 110 Å². The van der Waals surface area contributed by atoms with Gasteiger partial charge in [-0.05, 0) is 90.7 Å². The van der Waals surface area contributed by atoms with Crippen LogP contribution in [0.3, 0.4) is 0 Å². The number of nitrogens with zero attached hydrogens (tertiary/aromatic N) is 1. The van der Waals surface area contributed by atoms with Crippen LogP contribution in [0.4, 0.5) is 10.5 Å². The second kappa shape index (κ2) is 28.6. The van der Waals surface area contributed by atoms with Gasteiger partial charge in [0, 0.05) is 78.0 Å². The molecule has 6 rings (SSSR count). The van der Waals surface area contributed by atoms with Gasteiger partial charge < -0.3 is 65.3 Å². The van der Waals surface area contributed by atoms with Crippen LogP contribution in [0.25, 0.3) is 33.4 Å². The molecule has 3 aliphatic rings. The standard InChI is InChI=1S/C45H56N7O18P3S4/c1-3-77(74)27-65-38-23-40(68-39(38)25-66-72(60,61)70-73(62,63)69-71(57,58)59)52-24-30(43(54)51-45(52)56)8-7-16-50-44(55)49-15-5-4-6-18-64-26-76-75-19-17-48-42(53)29-10-9-28(2)35(20-29)41-33-13-11-31(46)21-36(33)67-37-22-32(47)12-14-34(37)41/h9-14,20-22,24,38-40,46H,3-6,15-19,23,25-27,47H2,1-2H3,(H,48,53)(H,60,61)(H,62,63)(H2,49,50,55)(H,51,54,56)(H2,57,58,59)/t38?,39-,40-,77?/m1/s1. The Labute approximate surface area is 455 Å². The number of hydrogen-bond donors (Lipinski definition) is 10. The van der Waals surface area contributed by atoms with Crippen LogP contribution >= 0.6 is 45.1 Å². The number of anilines is 1. The van der Waals surface area contributed by atoms with Crippen LogP contribution in [-0.2, 0) is 61.7 Å². The molecule has 0 spiro atoms. The zero-order valence-electron chi connectivity index (χ0n) is 41.2. The van der Waals surface area contributed by atoms with Gasteiger partial charge in [-0.15, -0.1) is 0 Å². The summed E-state index contributed by atoms with van der Waals surface area (Å²) in [5.74, 6) is 7.30. The fraction of sp³-hybridized carbons (Fsp3) is 0.400. The van der Waals surface area contributed by atoms with Gasteiger partial charge in [0.1, 0.15) is 35.2 Å². The van der Waals surface area contributed by atoms with Crippen LogP contribution in [0, 0.1) is 24.2 Å². The summed E-state index contributed by atoms with van der Waals surface area (Å²) in [6.45, 7) is 4.14. The molecule has 3 heterocycles. The third kappa shape index (κ3) is 19.1. The van der Waals surface area contributed by atoms with Crippen molar-refractivity contribution in [3.63, 3.8) is 0 Å². The first-order valence-electron chi connectivity index (χ1n) is 23.3. The number of nitrogens with two attached hydrogens (primary N) is 1. The molecule has 1 fully saturated rings. The van der Waals surface area contributed by atoms with Gasteiger partial charge in [0.15, 0.2) is 0 Å². The minimum absolute atomic E-state index is 0.0377. The van der Waals surface area contributed by atoms with E-state index in [0.717, 1.165) is 51.2 Å². The summed E-state index contributed by atoms with van der Waals surface area (Å²) in [5, 5.41) is 17.5. The van der Waals surface area contributed by atoms with Gasteiger partial charge in [-0.3, -0.25) is 23.7 Å².